The average molecular weight is 307 g/mol. The smallest absolute Gasteiger partial charge is 0.326 e. The number of hydrogen-bond acceptors (Lipinski definition) is 3. The number of likely N-dealkylation sites (tertiary alicyclic amines) is 1. The molecule has 1 heterocycles. The number of aliphatic carboxylic acids is 1. The summed E-state index contributed by atoms with van der Waals surface area (Å²) in [6, 6.07) is 7.58. The molecule has 1 amide bonds. The highest BCUT2D eigenvalue weighted by Crippen LogP contribution is 2.20. The van der Waals surface area contributed by atoms with Gasteiger partial charge in [-0.3, -0.25) is 4.79 Å². The zero-order chi connectivity index (χ0) is 15.2. The van der Waals surface area contributed by atoms with Gasteiger partial charge >= 0.3 is 5.97 Å². The van der Waals surface area contributed by atoms with Crippen molar-refractivity contribution in [2.24, 2.45) is 0 Å². The molecular formula is C16H21NO3S. The number of thioether (sulfide) groups is 1. The first kappa shape index (κ1) is 15.9. The molecule has 0 saturated carbocycles. The molecule has 114 valence electrons. The number of aryl methyl sites for hydroxylation is 1. The Balaban J connectivity index is 1.84. The molecule has 0 radical (unpaired) electrons. The molecule has 0 aliphatic carbocycles. The summed E-state index contributed by atoms with van der Waals surface area (Å²) in [6.07, 6.45) is 2.36. The van der Waals surface area contributed by atoms with Gasteiger partial charge in [-0.15, -0.1) is 11.8 Å². The predicted octanol–water partition coefficient (Wildman–Crippen LogP) is 2.69. The van der Waals surface area contributed by atoms with Gasteiger partial charge in [0.15, 0.2) is 0 Å². The standard InChI is InChI=1S/C16H21NO3S/c1-12-5-4-6-13(9-12)10-21-11-15(18)17-8-3-2-7-14(17)16(19)20/h4-6,9,14H,2-3,7-8,10-11H2,1H3,(H,19,20)/t14-/m1/s1. The van der Waals surface area contributed by atoms with Gasteiger partial charge in [0.1, 0.15) is 6.04 Å². The van der Waals surface area contributed by atoms with Crippen LogP contribution < -0.4 is 0 Å². The summed E-state index contributed by atoms with van der Waals surface area (Å²) in [7, 11) is 0. The van der Waals surface area contributed by atoms with Gasteiger partial charge in [0, 0.05) is 12.3 Å². The van der Waals surface area contributed by atoms with Crippen molar-refractivity contribution in [1.29, 1.82) is 0 Å². The van der Waals surface area contributed by atoms with Gasteiger partial charge in [0.2, 0.25) is 5.91 Å². The van der Waals surface area contributed by atoms with Crippen molar-refractivity contribution < 1.29 is 14.7 Å². The van der Waals surface area contributed by atoms with E-state index in [0.29, 0.717) is 18.7 Å². The summed E-state index contributed by atoms with van der Waals surface area (Å²) in [6.45, 7) is 2.62. The highest BCUT2D eigenvalue weighted by molar-refractivity contribution is 7.99. The number of benzene rings is 1. The van der Waals surface area contributed by atoms with Gasteiger partial charge in [-0.25, -0.2) is 4.79 Å². The topological polar surface area (TPSA) is 57.6 Å². The molecule has 1 aromatic rings. The number of rotatable bonds is 5. The quantitative estimate of drug-likeness (QED) is 0.908. The van der Waals surface area contributed by atoms with Gasteiger partial charge in [-0.05, 0) is 31.7 Å². The molecule has 1 aliphatic heterocycles. The molecule has 1 aromatic carbocycles. The molecule has 0 aromatic heterocycles. The minimum absolute atomic E-state index is 0.0558. The molecule has 1 atom stereocenters. The van der Waals surface area contributed by atoms with Crippen molar-refractivity contribution in [2.45, 2.75) is 38.0 Å². The normalized spacial score (nSPS) is 18.5. The Kier molecular flexibility index (Phi) is 5.67. The van der Waals surface area contributed by atoms with E-state index in [2.05, 4.69) is 6.07 Å². The lowest BCUT2D eigenvalue weighted by molar-refractivity contribution is -0.150. The molecule has 0 unspecified atom stereocenters. The van der Waals surface area contributed by atoms with E-state index in [4.69, 9.17) is 0 Å². The first-order valence-corrected chi connectivity index (χ1v) is 8.39. The third kappa shape index (κ3) is 4.49. The molecule has 1 N–H and O–H groups in total. The molecule has 1 fully saturated rings. The second-order valence-corrected chi connectivity index (χ2v) is 6.40. The molecule has 5 heteroatoms. The Morgan fingerprint density at radius 3 is 2.90 bits per heavy atom. The predicted molar refractivity (Wildman–Crippen MR) is 84.3 cm³/mol. The second kappa shape index (κ2) is 7.50. The second-order valence-electron chi connectivity index (χ2n) is 5.42. The number of carbonyl (C=O) groups is 2. The summed E-state index contributed by atoms with van der Waals surface area (Å²) < 4.78 is 0. The number of carboxylic acid groups (broad SMARTS) is 1. The number of nitrogens with zero attached hydrogens (tertiary/aromatic N) is 1. The summed E-state index contributed by atoms with van der Waals surface area (Å²) in [4.78, 5) is 24.9. The highest BCUT2D eigenvalue weighted by atomic mass is 32.2. The molecule has 1 aliphatic rings. The van der Waals surface area contributed by atoms with Crippen LogP contribution in [0.1, 0.15) is 30.4 Å². The molecule has 4 nitrogen and oxygen atoms in total. The van der Waals surface area contributed by atoms with E-state index >= 15 is 0 Å². The Bertz CT molecular complexity index is 518. The molecular weight excluding hydrogens is 286 g/mol. The third-order valence-corrected chi connectivity index (χ3v) is 4.67. The molecule has 0 spiro atoms. The van der Waals surface area contributed by atoms with Crippen LogP contribution >= 0.6 is 11.8 Å². The van der Waals surface area contributed by atoms with Gasteiger partial charge < -0.3 is 10.0 Å². The zero-order valence-corrected chi connectivity index (χ0v) is 13.1. The van der Waals surface area contributed by atoms with Crippen LogP contribution in [0.4, 0.5) is 0 Å². The lowest BCUT2D eigenvalue weighted by atomic mass is 10.0. The number of amides is 1. The van der Waals surface area contributed by atoms with E-state index in [0.717, 1.165) is 18.6 Å². The number of carboxylic acids is 1. The fourth-order valence-electron chi connectivity index (χ4n) is 2.63. The van der Waals surface area contributed by atoms with Crippen LogP contribution in [0.3, 0.4) is 0 Å². The Hall–Kier alpha value is -1.49. The van der Waals surface area contributed by atoms with Crippen LogP contribution in [-0.2, 0) is 15.3 Å². The van der Waals surface area contributed by atoms with E-state index in [9.17, 15) is 14.7 Å². The first-order chi connectivity index (χ1) is 10.1. The summed E-state index contributed by atoms with van der Waals surface area (Å²) >= 11 is 1.55. The van der Waals surface area contributed by atoms with Gasteiger partial charge in [-0.2, -0.15) is 0 Å². The fraction of sp³-hybridized carbons (Fsp3) is 0.500. The molecule has 1 saturated heterocycles. The summed E-state index contributed by atoms with van der Waals surface area (Å²) in [5.41, 5.74) is 2.41. The zero-order valence-electron chi connectivity index (χ0n) is 12.2. The van der Waals surface area contributed by atoms with Crippen molar-refractivity contribution in [2.75, 3.05) is 12.3 Å². The molecule has 21 heavy (non-hydrogen) atoms. The Morgan fingerprint density at radius 2 is 2.19 bits per heavy atom. The fourth-order valence-corrected chi connectivity index (χ4v) is 3.49. The molecule has 2 rings (SSSR count). The van der Waals surface area contributed by atoms with Crippen LogP contribution in [-0.4, -0.2) is 40.2 Å². The van der Waals surface area contributed by atoms with Crippen LogP contribution in [0, 0.1) is 6.92 Å². The number of piperidine rings is 1. The lowest BCUT2D eigenvalue weighted by Crippen LogP contribution is -2.48. The monoisotopic (exact) mass is 307 g/mol. The SMILES string of the molecule is Cc1cccc(CSCC(=O)N2CCCC[C@@H]2C(=O)O)c1. The molecule has 0 bridgehead atoms. The van der Waals surface area contributed by atoms with E-state index in [1.54, 1.807) is 11.8 Å². The highest BCUT2D eigenvalue weighted by Gasteiger charge is 2.31. The number of carbonyl (C=O) groups excluding carboxylic acids is 1. The largest absolute Gasteiger partial charge is 0.480 e. The third-order valence-electron chi connectivity index (χ3n) is 3.68. The van der Waals surface area contributed by atoms with Crippen molar-refractivity contribution in [3.8, 4) is 0 Å². The van der Waals surface area contributed by atoms with Crippen LogP contribution in [0.15, 0.2) is 24.3 Å². The van der Waals surface area contributed by atoms with Crippen molar-refractivity contribution in [1.82, 2.24) is 4.90 Å². The summed E-state index contributed by atoms with van der Waals surface area (Å²) in [5, 5.41) is 9.19. The Morgan fingerprint density at radius 1 is 1.38 bits per heavy atom. The maximum Gasteiger partial charge on any atom is 0.326 e. The average Bonchev–Trinajstić information content (AvgIpc) is 2.47. The van der Waals surface area contributed by atoms with Gasteiger partial charge in [-0.1, -0.05) is 29.8 Å². The van der Waals surface area contributed by atoms with Crippen LogP contribution in [0.2, 0.25) is 0 Å². The van der Waals surface area contributed by atoms with E-state index in [-0.39, 0.29) is 5.91 Å². The summed E-state index contributed by atoms with van der Waals surface area (Å²) in [5.74, 6) is 0.183. The van der Waals surface area contributed by atoms with Crippen molar-refractivity contribution in [3.05, 3.63) is 35.4 Å². The van der Waals surface area contributed by atoms with E-state index < -0.39 is 12.0 Å². The van der Waals surface area contributed by atoms with Gasteiger partial charge in [0.25, 0.3) is 0 Å². The van der Waals surface area contributed by atoms with Crippen LogP contribution in [0.5, 0.6) is 0 Å². The van der Waals surface area contributed by atoms with Crippen molar-refractivity contribution >= 4 is 23.6 Å². The first-order valence-electron chi connectivity index (χ1n) is 7.23. The van der Waals surface area contributed by atoms with E-state index in [1.807, 2.05) is 25.1 Å². The minimum Gasteiger partial charge on any atom is -0.480 e. The van der Waals surface area contributed by atoms with Gasteiger partial charge in [0.05, 0.1) is 5.75 Å². The minimum atomic E-state index is -0.883. The lowest BCUT2D eigenvalue weighted by Gasteiger charge is -2.32. The van der Waals surface area contributed by atoms with E-state index in [1.165, 1.54) is 16.0 Å². The van der Waals surface area contributed by atoms with Crippen LogP contribution in [0.25, 0.3) is 0 Å². The number of hydrogen-bond donors (Lipinski definition) is 1. The van der Waals surface area contributed by atoms with Crippen molar-refractivity contribution in [3.63, 3.8) is 0 Å². The maximum absolute atomic E-state index is 12.2. The maximum atomic E-state index is 12.2. The Labute approximate surface area is 129 Å².